The second kappa shape index (κ2) is 5.68. The molecule has 0 aliphatic heterocycles. The zero-order valence-corrected chi connectivity index (χ0v) is 12.4. The highest BCUT2D eigenvalue weighted by Crippen LogP contribution is 2.34. The lowest BCUT2D eigenvalue weighted by Crippen LogP contribution is -2.06. The van der Waals surface area contributed by atoms with Crippen LogP contribution in [-0.4, -0.2) is 4.98 Å². The average molecular weight is 372 g/mol. The molecule has 8 heteroatoms. The maximum absolute atomic E-state index is 12.5. The van der Waals surface area contributed by atoms with Crippen molar-refractivity contribution in [1.82, 2.24) is 4.98 Å². The van der Waals surface area contributed by atoms with Gasteiger partial charge >= 0.3 is 6.18 Å². The molecule has 0 fully saturated rings. The third-order valence-electron chi connectivity index (χ3n) is 2.27. The van der Waals surface area contributed by atoms with Crippen LogP contribution in [0.25, 0.3) is 0 Å². The summed E-state index contributed by atoms with van der Waals surface area (Å²) in [4.78, 5) is 4.78. The summed E-state index contributed by atoms with van der Waals surface area (Å²) >= 11 is 10.1. The van der Waals surface area contributed by atoms with E-state index in [4.69, 9.17) is 11.6 Å². The fraction of sp³-hybridized carbons (Fsp3) is 0.182. The summed E-state index contributed by atoms with van der Waals surface area (Å²) < 4.78 is 38.3. The van der Waals surface area contributed by atoms with Crippen LogP contribution in [0.1, 0.15) is 10.4 Å². The molecule has 0 atom stereocenters. The lowest BCUT2D eigenvalue weighted by Gasteiger charge is -2.11. The highest BCUT2D eigenvalue weighted by atomic mass is 79.9. The molecule has 0 saturated heterocycles. The SMILES string of the molecule is FC(F)(F)c1ccc(NCc2cnc(Cl)s2)c(Br)c1. The van der Waals surface area contributed by atoms with E-state index >= 15 is 0 Å². The zero-order chi connectivity index (χ0) is 14.0. The van der Waals surface area contributed by atoms with Gasteiger partial charge in [0.15, 0.2) is 4.47 Å². The standard InChI is InChI=1S/C11H7BrClF3N2S/c12-8-3-6(11(14,15)16)1-2-9(8)17-4-7-5-18-10(13)19-7/h1-3,5,17H,4H2. The van der Waals surface area contributed by atoms with Crippen molar-refractivity contribution in [3.05, 3.63) is 43.8 Å². The van der Waals surface area contributed by atoms with E-state index in [0.717, 1.165) is 17.0 Å². The topological polar surface area (TPSA) is 24.9 Å². The lowest BCUT2D eigenvalue weighted by molar-refractivity contribution is -0.137. The van der Waals surface area contributed by atoms with Gasteiger partial charge in [-0.25, -0.2) is 4.98 Å². The molecular formula is C11H7BrClF3N2S. The Morgan fingerprint density at radius 2 is 2.11 bits per heavy atom. The predicted octanol–water partition coefficient (Wildman–Crippen LogP) is 5.19. The molecule has 0 radical (unpaired) electrons. The number of rotatable bonds is 3. The Balaban J connectivity index is 2.09. The molecule has 0 aliphatic carbocycles. The van der Waals surface area contributed by atoms with Crippen molar-refractivity contribution in [1.29, 1.82) is 0 Å². The Bertz CT molecular complexity index is 586. The summed E-state index contributed by atoms with van der Waals surface area (Å²) in [5, 5.41) is 3.02. The first-order chi connectivity index (χ1) is 8.86. The van der Waals surface area contributed by atoms with E-state index in [1.807, 2.05) is 0 Å². The number of nitrogens with one attached hydrogen (secondary N) is 1. The summed E-state index contributed by atoms with van der Waals surface area (Å²) in [5.41, 5.74) is -0.108. The summed E-state index contributed by atoms with van der Waals surface area (Å²) in [6.45, 7) is 0.453. The van der Waals surface area contributed by atoms with E-state index < -0.39 is 11.7 Å². The van der Waals surface area contributed by atoms with Crippen LogP contribution in [0.4, 0.5) is 18.9 Å². The molecule has 2 nitrogen and oxygen atoms in total. The third-order valence-corrected chi connectivity index (χ3v) is 4.05. The van der Waals surface area contributed by atoms with E-state index in [0.29, 0.717) is 21.2 Å². The van der Waals surface area contributed by atoms with Crippen molar-refractivity contribution >= 4 is 44.6 Å². The van der Waals surface area contributed by atoms with Crippen molar-refractivity contribution in [3.63, 3.8) is 0 Å². The number of hydrogen-bond donors (Lipinski definition) is 1. The van der Waals surface area contributed by atoms with E-state index in [-0.39, 0.29) is 0 Å². The smallest absolute Gasteiger partial charge is 0.379 e. The molecule has 0 unspecified atom stereocenters. The number of thiazole rings is 1. The Kier molecular flexibility index (Phi) is 4.37. The van der Waals surface area contributed by atoms with Crippen molar-refractivity contribution in [3.8, 4) is 0 Å². The Morgan fingerprint density at radius 1 is 1.37 bits per heavy atom. The second-order valence-corrected chi connectivity index (χ2v) is 6.18. The van der Waals surface area contributed by atoms with Gasteiger partial charge in [-0.3, -0.25) is 0 Å². The molecule has 2 aromatic rings. The number of alkyl halides is 3. The van der Waals surface area contributed by atoms with E-state index in [2.05, 4.69) is 26.2 Å². The Hall–Kier alpha value is -0.790. The average Bonchev–Trinajstić information content (AvgIpc) is 2.72. The number of nitrogens with zero attached hydrogens (tertiary/aromatic N) is 1. The molecule has 1 heterocycles. The van der Waals surface area contributed by atoms with Crippen LogP contribution in [0, 0.1) is 0 Å². The number of anilines is 1. The molecule has 0 aliphatic rings. The van der Waals surface area contributed by atoms with Crippen LogP contribution in [-0.2, 0) is 12.7 Å². The van der Waals surface area contributed by atoms with Gasteiger partial charge in [-0.15, -0.1) is 11.3 Å². The molecule has 0 spiro atoms. The van der Waals surface area contributed by atoms with Crippen molar-refractivity contribution in [2.24, 2.45) is 0 Å². The minimum Gasteiger partial charge on any atom is -0.379 e. The predicted molar refractivity (Wildman–Crippen MR) is 73.6 cm³/mol. The van der Waals surface area contributed by atoms with Gasteiger partial charge in [-0.05, 0) is 34.1 Å². The molecule has 19 heavy (non-hydrogen) atoms. The number of halogens is 5. The molecule has 1 N–H and O–H groups in total. The number of benzene rings is 1. The van der Waals surface area contributed by atoms with Gasteiger partial charge in [0.05, 0.1) is 12.1 Å². The fourth-order valence-corrected chi connectivity index (χ4v) is 2.82. The normalized spacial score (nSPS) is 11.6. The Morgan fingerprint density at radius 3 is 2.63 bits per heavy atom. The third kappa shape index (κ3) is 3.84. The van der Waals surface area contributed by atoms with E-state index in [1.54, 1.807) is 6.20 Å². The van der Waals surface area contributed by atoms with Gasteiger partial charge in [-0.1, -0.05) is 11.6 Å². The highest BCUT2D eigenvalue weighted by Gasteiger charge is 2.30. The fourth-order valence-electron chi connectivity index (χ4n) is 1.38. The summed E-state index contributed by atoms with van der Waals surface area (Å²) in [7, 11) is 0. The van der Waals surface area contributed by atoms with Crippen LogP contribution in [0.3, 0.4) is 0 Å². The summed E-state index contributed by atoms with van der Waals surface area (Å²) in [6, 6.07) is 3.46. The van der Waals surface area contributed by atoms with Gasteiger partial charge < -0.3 is 5.32 Å². The summed E-state index contributed by atoms with van der Waals surface area (Å²) in [6.07, 6.45) is -2.72. The number of hydrogen-bond acceptors (Lipinski definition) is 3. The van der Waals surface area contributed by atoms with E-state index in [9.17, 15) is 13.2 Å². The molecule has 2 rings (SSSR count). The molecule has 102 valence electrons. The van der Waals surface area contributed by atoms with Gasteiger partial charge in [0.2, 0.25) is 0 Å². The molecule has 1 aromatic heterocycles. The van der Waals surface area contributed by atoms with Crippen molar-refractivity contribution in [2.45, 2.75) is 12.7 Å². The maximum Gasteiger partial charge on any atom is 0.416 e. The molecule has 0 saturated carbocycles. The van der Waals surface area contributed by atoms with Crippen LogP contribution < -0.4 is 5.32 Å². The maximum atomic E-state index is 12.5. The molecule has 1 aromatic carbocycles. The van der Waals surface area contributed by atoms with Crippen LogP contribution in [0.15, 0.2) is 28.9 Å². The van der Waals surface area contributed by atoms with E-state index in [1.165, 1.54) is 17.4 Å². The lowest BCUT2D eigenvalue weighted by atomic mass is 10.2. The van der Waals surface area contributed by atoms with Gasteiger partial charge in [0, 0.05) is 21.2 Å². The largest absolute Gasteiger partial charge is 0.416 e. The zero-order valence-electron chi connectivity index (χ0n) is 9.26. The van der Waals surface area contributed by atoms with Gasteiger partial charge in [-0.2, -0.15) is 13.2 Å². The van der Waals surface area contributed by atoms with Gasteiger partial charge in [0.1, 0.15) is 0 Å². The Labute approximate surface area is 124 Å². The first kappa shape index (κ1) is 14.6. The first-order valence-electron chi connectivity index (χ1n) is 5.07. The molecule has 0 bridgehead atoms. The van der Waals surface area contributed by atoms with Crippen molar-refractivity contribution in [2.75, 3.05) is 5.32 Å². The monoisotopic (exact) mass is 370 g/mol. The number of aromatic nitrogens is 1. The van der Waals surface area contributed by atoms with Crippen LogP contribution in [0.5, 0.6) is 0 Å². The highest BCUT2D eigenvalue weighted by molar-refractivity contribution is 9.10. The summed E-state index contributed by atoms with van der Waals surface area (Å²) in [5.74, 6) is 0. The van der Waals surface area contributed by atoms with Crippen LogP contribution in [0.2, 0.25) is 4.47 Å². The molecule has 0 amide bonds. The minimum absolute atomic E-state index is 0.359. The minimum atomic E-state index is -4.34. The molecular weight excluding hydrogens is 365 g/mol. The van der Waals surface area contributed by atoms with Crippen LogP contribution >= 0.6 is 38.9 Å². The second-order valence-electron chi connectivity index (χ2n) is 3.63. The quantitative estimate of drug-likeness (QED) is 0.803. The first-order valence-corrected chi connectivity index (χ1v) is 7.06. The van der Waals surface area contributed by atoms with Crippen molar-refractivity contribution < 1.29 is 13.2 Å². The van der Waals surface area contributed by atoms with Gasteiger partial charge in [0.25, 0.3) is 0 Å².